The van der Waals surface area contributed by atoms with E-state index in [0.29, 0.717) is 6.42 Å². The van der Waals surface area contributed by atoms with Crippen molar-refractivity contribution in [2.75, 3.05) is 35.3 Å². The van der Waals surface area contributed by atoms with E-state index in [9.17, 15) is 18.0 Å². The predicted molar refractivity (Wildman–Crippen MR) is 119 cm³/mol. The predicted octanol–water partition coefficient (Wildman–Crippen LogP) is 1.53. The lowest BCUT2D eigenvalue weighted by molar-refractivity contribution is -0.137. The number of aliphatic imine (C=N–C) groups is 1. The van der Waals surface area contributed by atoms with Crippen LogP contribution in [0.15, 0.2) is 29.3 Å². The fourth-order valence-corrected chi connectivity index (χ4v) is 2.76. The highest BCUT2D eigenvalue weighted by molar-refractivity contribution is 5.97. The van der Waals surface area contributed by atoms with E-state index in [1.54, 1.807) is 6.92 Å². The second-order valence-corrected chi connectivity index (χ2v) is 6.80. The number of carbonyl (C=O) groups is 1. The lowest BCUT2D eigenvalue weighted by atomic mass is 10.1. The monoisotopic (exact) mass is 469 g/mol. The number of ether oxygens (including phenoxy) is 1. The zero-order valence-corrected chi connectivity index (χ0v) is 17.8. The number of aromatic nitrogens is 2. The van der Waals surface area contributed by atoms with Gasteiger partial charge in [0.05, 0.1) is 12.2 Å². The Morgan fingerprint density at radius 2 is 1.97 bits per heavy atom. The molecule has 1 heterocycles. The van der Waals surface area contributed by atoms with E-state index >= 15 is 0 Å². The summed E-state index contributed by atoms with van der Waals surface area (Å²) in [6, 6.07) is 3.30. The average Bonchev–Trinajstić information content (AvgIpc) is 2.73. The summed E-state index contributed by atoms with van der Waals surface area (Å²) < 4.78 is 44.3. The highest BCUT2D eigenvalue weighted by atomic mass is 19.4. The molecule has 0 unspecified atom stereocenters. The van der Waals surface area contributed by atoms with E-state index in [0.717, 1.165) is 12.1 Å². The second-order valence-electron chi connectivity index (χ2n) is 6.80. The maximum Gasteiger partial charge on any atom is 0.416 e. The third kappa shape index (κ3) is 7.59. The Bertz CT molecular complexity index is 995. The highest BCUT2D eigenvalue weighted by Crippen LogP contribution is 2.31. The molecule has 0 saturated carbocycles. The second kappa shape index (κ2) is 11.1. The van der Waals surface area contributed by atoms with Gasteiger partial charge >= 0.3 is 6.18 Å². The van der Waals surface area contributed by atoms with E-state index in [2.05, 4.69) is 25.6 Å². The van der Waals surface area contributed by atoms with E-state index in [1.807, 2.05) is 0 Å². The van der Waals surface area contributed by atoms with Crippen LogP contribution in [-0.2, 0) is 11.0 Å². The summed E-state index contributed by atoms with van der Waals surface area (Å²) in [6.07, 6.45) is -4.00. The molecule has 0 aliphatic carbocycles. The first-order valence-corrected chi connectivity index (χ1v) is 9.87. The maximum absolute atomic E-state index is 13.0. The van der Waals surface area contributed by atoms with E-state index in [1.165, 1.54) is 12.1 Å². The van der Waals surface area contributed by atoms with E-state index in [-0.39, 0.29) is 54.6 Å². The van der Waals surface area contributed by atoms with Crippen LogP contribution in [0.1, 0.15) is 25.3 Å². The summed E-state index contributed by atoms with van der Waals surface area (Å²) >= 11 is 0. The summed E-state index contributed by atoms with van der Waals surface area (Å²) in [7, 11) is 0. The lowest BCUT2D eigenvalue weighted by Gasteiger charge is -2.21. The third-order valence-electron chi connectivity index (χ3n) is 4.24. The van der Waals surface area contributed by atoms with Crippen LogP contribution in [-0.4, -0.2) is 41.0 Å². The van der Waals surface area contributed by atoms with Gasteiger partial charge in [0, 0.05) is 12.2 Å². The molecule has 14 heteroatoms. The Morgan fingerprint density at radius 1 is 1.24 bits per heavy atom. The number of hydrogen-bond donors (Lipinski definition) is 6. The first kappa shape index (κ1) is 25.3. The molecule has 10 N–H and O–H groups in total. The van der Waals surface area contributed by atoms with Crippen molar-refractivity contribution in [1.29, 1.82) is 0 Å². The standard InChI is InChI=1S/C19H26F3N9O2/c1-2-33-16-13(23)14(30-18(26)31-16)29-12(7-4-8-27-17(24)25)15(32)28-11-6-3-5-10(9-11)19(20,21)22/h3,5-6,9,12H,2,4,7-8,23H2,1H3,(H,28,32)(H4,24,25,27)(H3,26,29,30,31)/t12-/m0/s1. The van der Waals surface area contributed by atoms with Crippen LogP contribution in [0.2, 0.25) is 0 Å². The molecule has 180 valence electrons. The first-order valence-electron chi connectivity index (χ1n) is 9.87. The number of hydrogen-bond acceptors (Lipinski definition) is 8. The number of amides is 1. The summed E-state index contributed by atoms with van der Waals surface area (Å²) in [5, 5.41) is 5.32. The first-order chi connectivity index (χ1) is 15.5. The molecular weight excluding hydrogens is 443 g/mol. The SMILES string of the molecule is CCOc1nc(N)nc(N[C@@H](CCCN=C(N)N)C(=O)Nc2cccc(C(F)(F)F)c2)c1N. The number of nitrogens with two attached hydrogens (primary N) is 4. The van der Waals surface area contributed by atoms with Crippen molar-refractivity contribution >= 4 is 35.0 Å². The molecule has 1 aromatic carbocycles. The largest absolute Gasteiger partial charge is 0.476 e. The minimum atomic E-state index is -4.55. The smallest absolute Gasteiger partial charge is 0.416 e. The van der Waals surface area contributed by atoms with Crippen molar-refractivity contribution in [3.8, 4) is 5.88 Å². The Kier molecular flexibility index (Phi) is 8.48. The van der Waals surface area contributed by atoms with Gasteiger partial charge in [0.2, 0.25) is 17.7 Å². The number of rotatable bonds is 10. The van der Waals surface area contributed by atoms with Gasteiger partial charge in [-0.05, 0) is 38.0 Å². The minimum absolute atomic E-state index is 0.0205. The van der Waals surface area contributed by atoms with Gasteiger partial charge in [-0.2, -0.15) is 23.1 Å². The van der Waals surface area contributed by atoms with Gasteiger partial charge in [0.25, 0.3) is 0 Å². The van der Waals surface area contributed by atoms with Crippen LogP contribution in [0.4, 0.5) is 36.3 Å². The molecule has 33 heavy (non-hydrogen) atoms. The summed E-state index contributed by atoms with van der Waals surface area (Å²) in [4.78, 5) is 24.7. The molecule has 0 bridgehead atoms. The molecule has 0 radical (unpaired) electrons. The van der Waals surface area contributed by atoms with Crippen LogP contribution in [0.3, 0.4) is 0 Å². The molecule has 0 aliphatic rings. The van der Waals surface area contributed by atoms with Crippen LogP contribution in [0.5, 0.6) is 5.88 Å². The van der Waals surface area contributed by atoms with Gasteiger partial charge in [0.15, 0.2) is 11.8 Å². The minimum Gasteiger partial charge on any atom is -0.476 e. The molecule has 0 aliphatic heterocycles. The fourth-order valence-electron chi connectivity index (χ4n) is 2.76. The molecule has 0 saturated heterocycles. The van der Waals surface area contributed by atoms with Gasteiger partial charge in [-0.3, -0.25) is 9.79 Å². The van der Waals surface area contributed by atoms with Crippen LogP contribution >= 0.6 is 0 Å². The van der Waals surface area contributed by atoms with Gasteiger partial charge < -0.3 is 38.3 Å². The van der Waals surface area contributed by atoms with Crippen molar-refractivity contribution in [3.05, 3.63) is 29.8 Å². The Labute approximate surface area is 187 Å². The molecule has 2 aromatic rings. The van der Waals surface area contributed by atoms with Gasteiger partial charge in [-0.1, -0.05) is 6.07 Å². The molecule has 2 rings (SSSR count). The van der Waals surface area contributed by atoms with Crippen molar-refractivity contribution in [1.82, 2.24) is 9.97 Å². The number of nitrogen functional groups attached to an aromatic ring is 2. The number of carbonyl (C=O) groups excluding carboxylic acids is 1. The summed E-state index contributed by atoms with van der Waals surface area (Å²) in [5.74, 6) is -0.814. The Hall–Kier alpha value is -3.97. The van der Waals surface area contributed by atoms with Crippen LogP contribution in [0, 0.1) is 0 Å². The van der Waals surface area contributed by atoms with Crippen LogP contribution in [0.25, 0.3) is 0 Å². The number of benzene rings is 1. The number of guanidine groups is 1. The van der Waals surface area contributed by atoms with E-state index < -0.39 is 23.7 Å². The zero-order valence-electron chi connectivity index (χ0n) is 17.8. The van der Waals surface area contributed by atoms with Gasteiger partial charge in [0.1, 0.15) is 11.7 Å². The Morgan fingerprint density at radius 3 is 2.61 bits per heavy atom. The molecule has 0 spiro atoms. The highest BCUT2D eigenvalue weighted by Gasteiger charge is 2.31. The molecule has 1 aromatic heterocycles. The molecular formula is C19H26F3N9O2. The summed E-state index contributed by atoms with van der Waals surface area (Å²) in [5.41, 5.74) is 21.4. The number of nitrogens with one attached hydrogen (secondary N) is 2. The van der Waals surface area contributed by atoms with Crippen molar-refractivity contribution in [3.63, 3.8) is 0 Å². The van der Waals surface area contributed by atoms with Crippen molar-refractivity contribution in [2.24, 2.45) is 16.5 Å². The van der Waals surface area contributed by atoms with Crippen molar-refractivity contribution in [2.45, 2.75) is 32.0 Å². The fraction of sp³-hybridized carbons (Fsp3) is 0.368. The van der Waals surface area contributed by atoms with Gasteiger partial charge in [-0.25, -0.2) is 0 Å². The number of halogens is 3. The topological polar surface area (TPSA) is 193 Å². The summed E-state index contributed by atoms with van der Waals surface area (Å²) in [6.45, 7) is 2.21. The number of anilines is 4. The average molecular weight is 469 g/mol. The lowest BCUT2D eigenvalue weighted by Crippen LogP contribution is -2.35. The third-order valence-corrected chi connectivity index (χ3v) is 4.24. The zero-order chi connectivity index (χ0) is 24.6. The number of nitrogens with zero attached hydrogens (tertiary/aromatic N) is 3. The van der Waals surface area contributed by atoms with E-state index in [4.69, 9.17) is 27.7 Å². The molecule has 0 fully saturated rings. The quantitative estimate of drug-likeness (QED) is 0.170. The molecule has 11 nitrogen and oxygen atoms in total. The maximum atomic E-state index is 13.0. The van der Waals surface area contributed by atoms with Gasteiger partial charge in [-0.15, -0.1) is 0 Å². The molecule has 1 atom stereocenters. The molecule has 1 amide bonds. The number of alkyl halides is 3. The van der Waals surface area contributed by atoms with Crippen molar-refractivity contribution < 1.29 is 22.7 Å². The van der Waals surface area contributed by atoms with Crippen LogP contribution < -0.4 is 38.3 Å². The Balaban J connectivity index is 2.27. The normalized spacial score (nSPS) is 12.0.